The van der Waals surface area contributed by atoms with E-state index in [0.29, 0.717) is 5.69 Å². The van der Waals surface area contributed by atoms with Crippen LogP contribution in [0.25, 0.3) is 4.98 Å². The van der Waals surface area contributed by atoms with Crippen molar-refractivity contribution in [3.05, 3.63) is 28.7 Å². The van der Waals surface area contributed by atoms with E-state index in [9.17, 15) is 0 Å². The molecular formula is C10H12N2O5S. The van der Waals surface area contributed by atoms with Crippen LogP contribution < -0.4 is 4.74 Å². The van der Waals surface area contributed by atoms with Gasteiger partial charge in [-0.15, -0.1) is 0 Å². The maximum Gasteiger partial charge on any atom is 0.426 e. The van der Waals surface area contributed by atoms with E-state index in [1.54, 1.807) is 6.07 Å². The van der Waals surface area contributed by atoms with E-state index in [2.05, 4.69) is 4.98 Å². The molecule has 0 atom stereocenters. The Balaban J connectivity index is 0.000000280. The molecule has 0 amide bonds. The number of fused-ring (bicyclic) bond motifs is 1. The Morgan fingerprint density at radius 2 is 2.06 bits per heavy atom. The molecule has 8 heteroatoms. The van der Waals surface area contributed by atoms with Crippen molar-refractivity contribution in [2.75, 3.05) is 0 Å². The fourth-order valence-electron chi connectivity index (χ4n) is 1.68. The van der Waals surface area contributed by atoms with Crippen LogP contribution in [0.3, 0.4) is 0 Å². The van der Waals surface area contributed by atoms with Crippen LogP contribution in [-0.4, -0.2) is 23.1 Å². The van der Waals surface area contributed by atoms with Gasteiger partial charge in [-0.05, 0) is 13.8 Å². The molecule has 0 spiro atoms. The molecule has 18 heavy (non-hydrogen) atoms. The molecule has 0 unspecified atom stereocenters. The Morgan fingerprint density at radius 3 is 2.56 bits per heavy atom. The second kappa shape index (κ2) is 4.89. The second-order valence-corrected chi connectivity index (χ2v) is 5.19. The molecule has 1 N–H and O–H groups in total. The quantitative estimate of drug-likeness (QED) is 0.438. The van der Waals surface area contributed by atoms with Gasteiger partial charge in [-0.1, -0.05) is 12.1 Å². The zero-order valence-corrected chi connectivity index (χ0v) is 10.6. The van der Waals surface area contributed by atoms with E-state index in [0.717, 1.165) is 17.7 Å². The zero-order valence-electron chi connectivity index (χ0n) is 9.82. The van der Waals surface area contributed by atoms with Gasteiger partial charge in [0.05, 0.1) is 0 Å². The second-order valence-electron chi connectivity index (χ2n) is 4.33. The maximum absolute atomic E-state index is 8.72. The summed E-state index contributed by atoms with van der Waals surface area (Å²) in [6, 6.07) is 5.61. The van der Waals surface area contributed by atoms with Gasteiger partial charge in [-0.3, -0.25) is 4.55 Å². The summed E-state index contributed by atoms with van der Waals surface area (Å²) >= 11 is 0. The van der Waals surface area contributed by atoms with E-state index in [1.807, 2.05) is 26.0 Å². The van der Waals surface area contributed by atoms with Gasteiger partial charge in [0, 0.05) is 18.1 Å². The van der Waals surface area contributed by atoms with Crippen LogP contribution in [0.4, 0.5) is 5.69 Å². The molecule has 1 aromatic rings. The largest absolute Gasteiger partial charge is 0.726 e. The van der Waals surface area contributed by atoms with Crippen LogP contribution in [0.1, 0.15) is 19.4 Å². The molecule has 0 aliphatic carbocycles. The molecule has 1 aromatic carbocycles. The first-order valence-corrected chi connectivity index (χ1v) is 6.33. The highest BCUT2D eigenvalue weighted by atomic mass is 32.3. The van der Waals surface area contributed by atoms with Crippen molar-refractivity contribution in [2.45, 2.75) is 25.9 Å². The predicted octanol–water partition coefficient (Wildman–Crippen LogP) is 1.89. The molecule has 0 radical (unpaired) electrons. The fraction of sp³-hybridized carbons (Fsp3) is 0.400. The van der Waals surface area contributed by atoms with Crippen LogP contribution in [0.5, 0.6) is 5.75 Å². The molecule has 1 aliphatic heterocycles. The van der Waals surface area contributed by atoms with Gasteiger partial charge in [0.2, 0.25) is 21.5 Å². The molecule has 1 heterocycles. The first-order valence-electron chi connectivity index (χ1n) is 4.97. The van der Waals surface area contributed by atoms with Crippen molar-refractivity contribution in [1.82, 2.24) is 0 Å². The smallest absolute Gasteiger partial charge is 0.426 e. The van der Waals surface area contributed by atoms with Crippen LogP contribution in [-0.2, 0) is 16.8 Å². The maximum atomic E-state index is 8.72. The number of hydrogen-bond acceptors (Lipinski definition) is 5. The summed E-state index contributed by atoms with van der Waals surface area (Å²) in [7, 11) is -4.92. The van der Waals surface area contributed by atoms with Gasteiger partial charge in [-0.25, -0.2) is 8.42 Å². The summed E-state index contributed by atoms with van der Waals surface area (Å²) in [4.78, 5) is 3.18. The predicted molar refractivity (Wildman–Crippen MR) is 61.9 cm³/mol. The lowest BCUT2D eigenvalue weighted by atomic mass is 10.0. The average molecular weight is 272 g/mol. The normalized spacial score (nSPS) is 15.7. The van der Waals surface area contributed by atoms with Crippen molar-refractivity contribution in [2.24, 2.45) is 0 Å². The Bertz CT molecular complexity index is 581. The molecular weight excluding hydrogens is 260 g/mol. The molecule has 2 rings (SSSR count). The van der Waals surface area contributed by atoms with Crippen molar-refractivity contribution >= 4 is 16.1 Å². The third kappa shape index (κ3) is 4.29. The van der Waals surface area contributed by atoms with Gasteiger partial charge in [0.25, 0.3) is 0 Å². The van der Waals surface area contributed by atoms with Gasteiger partial charge < -0.3 is 9.29 Å². The van der Waals surface area contributed by atoms with E-state index >= 15 is 0 Å². The first-order chi connectivity index (χ1) is 8.12. The number of nitrogens with zero attached hydrogens (tertiary/aromatic N) is 2. The lowest BCUT2D eigenvalue weighted by molar-refractivity contribution is 0.139. The highest BCUT2D eigenvalue weighted by Gasteiger charge is 2.35. The van der Waals surface area contributed by atoms with E-state index in [1.165, 1.54) is 0 Å². The van der Waals surface area contributed by atoms with Crippen LogP contribution in [0.15, 0.2) is 18.2 Å². The minimum Gasteiger partial charge on any atom is -0.726 e. The number of benzene rings is 1. The molecule has 1 aliphatic rings. The van der Waals surface area contributed by atoms with Crippen molar-refractivity contribution < 1.29 is 22.3 Å². The standard InChI is InChI=1S/C10H11N2O.H2O4S/c1-10(2)6-7-4-3-5-8(12-11)9(7)13-10;1-5(2,3)4/h3-5H,6H2,1-2H3;(H2,1,2,3,4)/q+1;/p-1. The van der Waals surface area contributed by atoms with Crippen molar-refractivity contribution in [1.29, 1.82) is 5.39 Å². The Labute approximate surface area is 105 Å². The summed E-state index contributed by atoms with van der Waals surface area (Å²) in [6.45, 7) is 4.04. The van der Waals surface area contributed by atoms with E-state index < -0.39 is 10.4 Å². The van der Waals surface area contributed by atoms with Gasteiger partial charge >= 0.3 is 5.69 Å². The molecule has 0 bridgehead atoms. The van der Waals surface area contributed by atoms with Crippen molar-refractivity contribution in [3.63, 3.8) is 0 Å². The highest BCUT2D eigenvalue weighted by molar-refractivity contribution is 7.79. The molecule has 98 valence electrons. The molecule has 7 nitrogen and oxygen atoms in total. The summed E-state index contributed by atoms with van der Waals surface area (Å²) in [6.07, 6.45) is 0.867. The van der Waals surface area contributed by atoms with Crippen LogP contribution >= 0.6 is 0 Å². The minimum atomic E-state index is -4.92. The number of diazo groups is 1. The lowest BCUT2D eigenvalue weighted by Gasteiger charge is -2.15. The molecule has 0 fully saturated rings. The van der Waals surface area contributed by atoms with E-state index in [4.69, 9.17) is 27.7 Å². The van der Waals surface area contributed by atoms with Crippen LogP contribution in [0, 0.1) is 5.39 Å². The molecule has 0 saturated carbocycles. The summed E-state index contributed by atoms with van der Waals surface area (Å²) in [5.74, 6) is 0.718. The topological polar surface area (TPSA) is 115 Å². The zero-order chi connectivity index (χ0) is 14.0. The Morgan fingerprint density at radius 1 is 1.50 bits per heavy atom. The average Bonchev–Trinajstić information content (AvgIpc) is 2.48. The highest BCUT2D eigenvalue weighted by Crippen LogP contribution is 2.41. The number of rotatable bonds is 0. The number of para-hydroxylation sites is 1. The fourth-order valence-corrected chi connectivity index (χ4v) is 1.68. The van der Waals surface area contributed by atoms with E-state index in [-0.39, 0.29) is 5.60 Å². The first kappa shape index (κ1) is 14.4. The Hall–Kier alpha value is -1.69. The third-order valence-electron chi connectivity index (χ3n) is 2.18. The monoisotopic (exact) mass is 272 g/mol. The summed E-state index contributed by atoms with van der Waals surface area (Å²) in [5, 5.41) is 8.72. The van der Waals surface area contributed by atoms with Crippen molar-refractivity contribution in [3.8, 4) is 5.75 Å². The molecule has 0 aromatic heterocycles. The SMILES string of the molecule is CC1(C)Cc2cccc([N+]#N)c2O1.O=S(=O)([O-])O. The summed E-state index contributed by atoms with van der Waals surface area (Å²) < 4.78 is 38.5. The number of ether oxygens (including phenoxy) is 1. The van der Waals surface area contributed by atoms with Gasteiger partial charge in [0.15, 0.2) is 4.98 Å². The minimum absolute atomic E-state index is 0.177. The number of hydrogen-bond donors (Lipinski definition) is 1. The molecule has 0 saturated heterocycles. The summed E-state index contributed by atoms with van der Waals surface area (Å²) in [5.41, 5.74) is 1.45. The lowest BCUT2D eigenvalue weighted by Crippen LogP contribution is -2.24. The Kier molecular flexibility index (Phi) is 3.91. The van der Waals surface area contributed by atoms with Crippen LogP contribution in [0.2, 0.25) is 0 Å². The van der Waals surface area contributed by atoms with Gasteiger partial charge in [0.1, 0.15) is 5.60 Å². The third-order valence-corrected chi connectivity index (χ3v) is 2.18. The van der Waals surface area contributed by atoms with Gasteiger partial charge in [-0.2, -0.15) is 0 Å².